The molecular weight excluding hydrogens is 232 g/mol. The molecule has 2 rings (SSSR count). The molecule has 2 nitrogen and oxygen atoms in total. The van der Waals surface area contributed by atoms with Gasteiger partial charge in [-0.15, -0.1) is 0 Å². The molecule has 2 heteroatoms. The maximum atomic E-state index is 6.64. The minimum atomic E-state index is 0.195. The summed E-state index contributed by atoms with van der Waals surface area (Å²) < 4.78 is 0. The van der Waals surface area contributed by atoms with Gasteiger partial charge in [0.2, 0.25) is 0 Å². The van der Waals surface area contributed by atoms with Crippen LogP contribution in [0, 0.1) is 6.92 Å². The van der Waals surface area contributed by atoms with Crippen LogP contribution in [-0.4, -0.2) is 30.6 Å². The molecule has 0 aromatic heterocycles. The lowest BCUT2D eigenvalue weighted by Gasteiger charge is -2.47. The Morgan fingerprint density at radius 2 is 1.79 bits per heavy atom. The molecule has 1 unspecified atom stereocenters. The highest BCUT2D eigenvalue weighted by Gasteiger charge is 2.39. The second kappa shape index (κ2) is 6.06. The number of likely N-dealkylation sites (N-methyl/N-ethyl adjacent to an activating group) is 1. The standard InChI is InChI=1S/C17H28N2/c1-14-9-5-6-10-15(14)13-16(18)17(19(2)3)11-7-4-8-12-17/h5-6,9-10,16H,4,7-8,11-13,18H2,1-3H3. The van der Waals surface area contributed by atoms with Gasteiger partial charge in [-0.2, -0.15) is 0 Å². The Morgan fingerprint density at radius 3 is 2.37 bits per heavy atom. The average molecular weight is 260 g/mol. The van der Waals surface area contributed by atoms with E-state index >= 15 is 0 Å². The second-order valence-corrected chi connectivity index (χ2v) is 6.30. The summed E-state index contributed by atoms with van der Waals surface area (Å²) in [6, 6.07) is 8.86. The Bertz CT molecular complexity index is 405. The molecule has 1 aliphatic carbocycles. The van der Waals surface area contributed by atoms with Gasteiger partial charge in [0.25, 0.3) is 0 Å². The summed E-state index contributed by atoms with van der Waals surface area (Å²) in [5.41, 5.74) is 9.61. The van der Waals surface area contributed by atoms with E-state index < -0.39 is 0 Å². The lowest BCUT2D eigenvalue weighted by molar-refractivity contribution is 0.0715. The van der Waals surface area contributed by atoms with E-state index in [0.717, 1.165) is 6.42 Å². The predicted octanol–water partition coefficient (Wildman–Crippen LogP) is 3.13. The number of hydrogen-bond acceptors (Lipinski definition) is 2. The molecule has 0 saturated heterocycles. The van der Waals surface area contributed by atoms with E-state index in [9.17, 15) is 0 Å². The zero-order valence-electron chi connectivity index (χ0n) is 12.7. The van der Waals surface area contributed by atoms with E-state index in [-0.39, 0.29) is 11.6 Å². The first-order chi connectivity index (χ1) is 9.06. The Balaban J connectivity index is 2.16. The van der Waals surface area contributed by atoms with Gasteiger partial charge in [0.15, 0.2) is 0 Å². The summed E-state index contributed by atoms with van der Waals surface area (Å²) >= 11 is 0. The predicted molar refractivity (Wildman–Crippen MR) is 82.4 cm³/mol. The summed E-state index contributed by atoms with van der Waals surface area (Å²) in [5.74, 6) is 0. The minimum Gasteiger partial charge on any atom is -0.326 e. The van der Waals surface area contributed by atoms with E-state index in [1.165, 1.54) is 43.2 Å². The highest BCUT2D eigenvalue weighted by Crippen LogP contribution is 2.35. The van der Waals surface area contributed by atoms with Crippen LogP contribution < -0.4 is 5.73 Å². The van der Waals surface area contributed by atoms with Crippen molar-refractivity contribution >= 4 is 0 Å². The van der Waals surface area contributed by atoms with Crippen LogP contribution in [0.5, 0.6) is 0 Å². The van der Waals surface area contributed by atoms with Crippen LogP contribution >= 0.6 is 0 Å². The average Bonchev–Trinajstić information content (AvgIpc) is 2.42. The minimum absolute atomic E-state index is 0.195. The van der Waals surface area contributed by atoms with Gasteiger partial charge in [0, 0.05) is 11.6 Å². The zero-order valence-corrected chi connectivity index (χ0v) is 12.7. The largest absolute Gasteiger partial charge is 0.326 e. The molecule has 2 N–H and O–H groups in total. The molecule has 0 heterocycles. The van der Waals surface area contributed by atoms with Crippen molar-refractivity contribution in [1.29, 1.82) is 0 Å². The van der Waals surface area contributed by atoms with Crippen LogP contribution in [-0.2, 0) is 6.42 Å². The van der Waals surface area contributed by atoms with Gasteiger partial charge < -0.3 is 10.6 Å². The number of rotatable bonds is 4. The summed E-state index contributed by atoms with van der Waals surface area (Å²) in [5, 5.41) is 0. The maximum Gasteiger partial charge on any atom is 0.0357 e. The quantitative estimate of drug-likeness (QED) is 0.901. The summed E-state index contributed by atoms with van der Waals surface area (Å²) in [4.78, 5) is 2.38. The SMILES string of the molecule is Cc1ccccc1CC(N)C1(N(C)C)CCCCC1. The molecular formula is C17H28N2. The van der Waals surface area contributed by atoms with Crippen molar-refractivity contribution in [3.63, 3.8) is 0 Å². The Morgan fingerprint density at radius 1 is 1.16 bits per heavy atom. The van der Waals surface area contributed by atoms with Crippen molar-refractivity contribution < 1.29 is 0 Å². The van der Waals surface area contributed by atoms with Crippen molar-refractivity contribution in [3.8, 4) is 0 Å². The van der Waals surface area contributed by atoms with Crippen molar-refractivity contribution in [3.05, 3.63) is 35.4 Å². The van der Waals surface area contributed by atoms with E-state index in [0.29, 0.717) is 0 Å². The van der Waals surface area contributed by atoms with Gasteiger partial charge in [-0.1, -0.05) is 43.5 Å². The molecule has 0 spiro atoms. The van der Waals surface area contributed by atoms with E-state index in [2.05, 4.69) is 50.2 Å². The van der Waals surface area contributed by atoms with Crippen LogP contribution in [0.4, 0.5) is 0 Å². The smallest absolute Gasteiger partial charge is 0.0357 e. The molecule has 1 aromatic rings. The monoisotopic (exact) mass is 260 g/mol. The third-order valence-corrected chi connectivity index (χ3v) is 5.00. The fraction of sp³-hybridized carbons (Fsp3) is 0.647. The normalized spacial score (nSPS) is 20.5. The lowest BCUT2D eigenvalue weighted by atomic mass is 9.73. The number of nitrogens with zero attached hydrogens (tertiary/aromatic N) is 1. The van der Waals surface area contributed by atoms with Gasteiger partial charge in [0.1, 0.15) is 0 Å². The van der Waals surface area contributed by atoms with Crippen LogP contribution in [0.3, 0.4) is 0 Å². The van der Waals surface area contributed by atoms with Crippen LogP contribution in [0.15, 0.2) is 24.3 Å². The molecule has 1 atom stereocenters. The Labute approximate surface area is 118 Å². The lowest BCUT2D eigenvalue weighted by Crippen LogP contribution is -2.59. The fourth-order valence-corrected chi connectivity index (χ4v) is 3.58. The number of aryl methyl sites for hydroxylation is 1. The number of hydrogen-bond donors (Lipinski definition) is 1. The molecule has 106 valence electrons. The topological polar surface area (TPSA) is 29.3 Å². The first-order valence-corrected chi connectivity index (χ1v) is 7.54. The first kappa shape index (κ1) is 14.5. The molecule has 1 fully saturated rings. The van der Waals surface area contributed by atoms with Gasteiger partial charge in [-0.05, 0) is 51.4 Å². The zero-order chi connectivity index (χ0) is 13.9. The van der Waals surface area contributed by atoms with Gasteiger partial charge >= 0.3 is 0 Å². The van der Waals surface area contributed by atoms with Crippen molar-refractivity contribution in [1.82, 2.24) is 4.90 Å². The molecule has 0 aliphatic heterocycles. The summed E-state index contributed by atoms with van der Waals surface area (Å²) in [7, 11) is 4.39. The Hall–Kier alpha value is -0.860. The molecule has 0 amide bonds. The van der Waals surface area contributed by atoms with Crippen LogP contribution in [0.25, 0.3) is 0 Å². The number of nitrogens with two attached hydrogens (primary N) is 1. The molecule has 0 radical (unpaired) electrons. The third kappa shape index (κ3) is 3.01. The van der Waals surface area contributed by atoms with Crippen LogP contribution in [0.2, 0.25) is 0 Å². The Kier molecular flexibility index (Phi) is 4.64. The van der Waals surface area contributed by atoms with Crippen molar-refractivity contribution in [2.75, 3.05) is 14.1 Å². The molecule has 1 aliphatic rings. The van der Waals surface area contributed by atoms with Gasteiger partial charge in [-0.25, -0.2) is 0 Å². The van der Waals surface area contributed by atoms with E-state index in [4.69, 9.17) is 5.73 Å². The first-order valence-electron chi connectivity index (χ1n) is 7.54. The van der Waals surface area contributed by atoms with Gasteiger partial charge in [0.05, 0.1) is 0 Å². The summed E-state index contributed by atoms with van der Waals surface area (Å²) in [6.45, 7) is 2.19. The maximum absolute atomic E-state index is 6.64. The van der Waals surface area contributed by atoms with Gasteiger partial charge in [-0.3, -0.25) is 0 Å². The van der Waals surface area contributed by atoms with Crippen LogP contribution in [0.1, 0.15) is 43.2 Å². The molecule has 1 aromatic carbocycles. The highest BCUT2D eigenvalue weighted by molar-refractivity contribution is 5.27. The fourth-order valence-electron chi connectivity index (χ4n) is 3.58. The molecule has 19 heavy (non-hydrogen) atoms. The summed E-state index contributed by atoms with van der Waals surface area (Å²) in [6.07, 6.45) is 7.48. The van der Waals surface area contributed by atoms with E-state index in [1.54, 1.807) is 0 Å². The number of benzene rings is 1. The molecule has 0 bridgehead atoms. The van der Waals surface area contributed by atoms with Crippen molar-refractivity contribution in [2.24, 2.45) is 5.73 Å². The van der Waals surface area contributed by atoms with Crippen molar-refractivity contribution in [2.45, 2.75) is 57.0 Å². The molecule has 1 saturated carbocycles. The second-order valence-electron chi connectivity index (χ2n) is 6.30. The van der Waals surface area contributed by atoms with E-state index in [1.807, 2.05) is 0 Å². The third-order valence-electron chi connectivity index (χ3n) is 5.00. The highest BCUT2D eigenvalue weighted by atomic mass is 15.2.